The van der Waals surface area contributed by atoms with Crippen molar-refractivity contribution in [2.75, 3.05) is 5.32 Å². The first-order valence-electron chi connectivity index (χ1n) is 12.2. The van der Waals surface area contributed by atoms with Crippen LogP contribution < -0.4 is 5.32 Å². The molecule has 176 valence electrons. The first kappa shape index (κ1) is 22.8. The number of benzene rings is 3. The van der Waals surface area contributed by atoms with Crippen molar-refractivity contribution in [3.8, 4) is 0 Å². The minimum atomic E-state index is -0.950. The largest absolute Gasteiger partial charge is 0.324 e. The lowest BCUT2D eigenvalue weighted by Gasteiger charge is -2.45. The predicted octanol–water partition coefficient (Wildman–Crippen LogP) is 6.22. The van der Waals surface area contributed by atoms with E-state index in [0.717, 1.165) is 41.4 Å². The Balaban J connectivity index is 1.57. The molecule has 0 spiro atoms. The highest BCUT2D eigenvalue weighted by molar-refractivity contribution is 6.03. The lowest BCUT2D eigenvalue weighted by Crippen LogP contribution is -2.59. The molecule has 0 bridgehead atoms. The first-order chi connectivity index (χ1) is 17.2. The molecule has 1 saturated carbocycles. The molecule has 1 aliphatic carbocycles. The molecule has 0 saturated heterocycles. The number of aromatic nitrogens is 1. The summed E-state index contributed by atoms with van der Waals surface area (Å²) in [7, 11) is 0. The van der Waals surface area contributed by atoms with Crippen LogP contribution in [0.4, 0.5) is 5.69 Å². The highest BCUT2D eigenvalue weighted by Gasteiger charge is 2.47. The molecular weight excluding hydrogens is 434 g/mol. The van der Waals surface area contributed by atoms with E-state index in [1.165, 1.54) is 0 Å². The lowest BCUT2D eigenvalue weighted by atomic mass is 9.78. The van der Waals surface area contributed by atoms with Gasteiger partial charge in [-0.3, -0.25) is 9.59 Å². The Morgan fingerprint density at radius 2 is 1.43 bits per heavy atom. The Morgan fingerprint density at radius 3 is 2.17 bits per heavy atom. The number of nitrogens with zero attached hydrogens (tertiary/aromatic N) is 2. The lowest BCUT2D eigenvalue weighted by molar-refractivity contribution is -0.129. The summed E-state index contributed by atoms with van der Waals surface area (Å²) in [6.07, 6.45) is 4.09. The second kappa shape index (κ2) is 10.1. The molecule has 0 aliphatic heterocycles. The molecule has 35 heavy (non-hydrogen) atoms. The molecule has 5 rings (SSSR count). The highest BCUT2D eigenvalue weighted by atomic mass is 16.2. The molecule has 2 amide bonds. The number of nitrogens with one attached hydrogen (secondary N) is 1. The zero-order chi connectivity index (χ0) is 24.1. The normalized spacial score (nSPS) is 14.9. The number of carbonyl (C=O) groups is 2. The molecule has 5 nitrogen and oxygen atoms in total. The summed E-state index contributed by atoms with van der Waals surface area (Å²) >= 11 is 0. The van der Waals surface area contributed by atoms with Crippen molar-refractivity contribution in [1.82, 2.24) is 9.88 Å². The van der Waals surface area contributed by atoms with Gasteiger partial charge in [0.05, 0.1) is 5.52 Å². The van der Waals surface area contributed by atoms with Crippen LogP contribution in [-0.4, -0.2) is 27.2 Å². The van der Waals surface area contributed by atoms with Crippen molar-refractivity contribution >= 4 is 28.4 Å². The molecule has 1 aliphatic rings. The van der Waals surface area contributed by atoms with Gasteiger partial charge in [0.2, 0.25) is 5.91 Å². The maximum Gasteiger partial charge on any atom is 0.273 e. The standard InChI is InChI=1S/C30H29N3O2/c34-28(27-19-18-24-14-8-9-17-26(24)32-27)33(22-23-12-4-1-5-13-23)30(20-10-3-11-21-30)29(35)31-25-15-6-2-7-16-25/h1-2,4-9,12-19H,3,10-11,20-22H2,(H,31,35). The second-order valence-electron chi connectivity index (χ2n) is 9.18. The van der Waals surface area contributed by atoms with Crippen LogP contribution in [0.5, 0.6) is 0 Å². The van der Waals surface area contributed by atoms with Crippen LogP contribution in [0.25, 0.3) is 10.9 Å². The van der Waals surface area contributed by atoms with Gasteiger partial charge < -0.3 is 10.2 Å². The average molecular weight is 464 g/mol. The molecule has 0 unspecified atom stereocenters. The number of anilines is 1. The van der Waals surface area contributed by atoms with Crippen LogP contribution in [0.15, 0.2) is 97.1 Å². The molecule has 1 N–H and O–H groups in total. The Hall–Kier alpha value is -3.99. The van der Waals surface area contributed by atoms with Gasteiger partial charge in [0, 0.05) is 17.6 Å². The summed E-state index contributed by atoms with van der Waals surface area (Å²) in [4.78, 5) is 34.5. The molecule has 1 aromatic heterocycles. The van der Waals surface area contributed by atoms with Crippen LogP contribution in [0.1, 0.15) is 48.2 Å². The minimum Gasteiger partial charge on any atom is -0.324 e. The molecule has 4 aromatic rings. The number of fused-ring (bicyclic) bond motifs is 1. The molecule has 0 atom stereocenters. The van der Waals surface area contributed by atoms with Crippen LogP contribution in [-0.2, 0) is 11.3 Å². The average Bonchev–Trinajstić information content (AvgIpc) is 2.92. The van der Waals surface area contributed by atoms with Crippen LogP contribution in [0, 0.1) is 0 Å². The van der Waals surface area contributed by atoms with E-state index < -0.39 is 5.54 Å². The van der Waals surface area contributed by atoms with E-state index in [2.05, 4.69) is 10.3 Å². The van der Waals surface area contributed by atoms with E-state index >= 15 is 0 Å². The van der Waals surface area contributed by atoms with Gasteiger partial charge in [-0.2, -0.15) is 0 Å². The SMILES string of the molecule is O=C(c1ccc2ccccc2n1)N(Cc1ccccc1)C1(C(=O)Nc2ccccc2)CCCCC1. The van der Waals surface area contributed by atoms with Crippen LogP contribution in [0.2, 0.25) is 0 Å². The van der Waals surface area contributed by atoms with Gasteiger partial charge in [0.25, 0.3) is 5.91 Å². The molecule has 5 heteroatoms. The Labute approximate surface area is 205 Å². The molecule has 1 fully saturated rings. The number of para-hydroxylation sites is 2. The fraction of sp³-hybridized carbons (Fsp3) is 0.233. The number of amides is 2. The van der Waals surface area contributed by atoms with Crippen molar-refractivity contribution in [3.63, 3.8) is 0 Å². The Morgan fingerprint density at radius 1 is 0.771 bits per heavy atom. The summed E-state index contributed by atoms with van der Waals surface area (Å²) in [5.41, 5.74) is 1.90. The van der Waals surface area contributed by atoms with Gasteiger partial charge in [0.15, 0.2) is 0 Å². The van der Waals surface area contributed by atoms with E-state index in [-0.39, 0.29) is 11.8 Å². The zero-order valence-corrected chi connectivity index (χ0v) is 19.7. The van der Waals surface area contributed by atoms with E-state index in [9.17, 15) is 9.59 Å². The summed E-state index contributed by atoms with van der Waals surface area (Å²) < 4.78 is 0. The monoisotopic (exact) mass is 463 g/mol. The Bertz CT molecular complexity index is 1320. The zero-order valence-electron chi connectivity index (χ0n) is 19.7. The summed E-state index contributed by atoms with van der Waals surface area (Å²) in [5, 5.41) is 4.08. The van der Waals surface area contributed by atoms with Crippen molar-refractivity contribution in [2.45, 2.75) is 44.2 Å². The number of carbonyl (C=O) groups excluding carboxylic acids is 2. The van der Waals surface area contributed by atoms with Gasteiger partial charge in [-0.1, -0.05) is 92.1 Å². The number of pyridine rings is 1. The molecular formula is C30H29N3O2. The van der Waals surface area contributed by atoms with E-state index in [1.807, 2.05) is 91.0 Å². The van der Waals surface area contributed by atoms with Crippen LogP contribution in [0.3, 0.4) is 0 Å². The van der Waals surface area contributed by atoms with Crippen molar-refractivity contribution in [1.29, 1.82) is 0 Å². The summed E-state index contributed by atoms with van der Waals surface area (Å²) in [6, 6.07) is 30.8. The third-order valence-electron chi connectivity index (χ3n) is 6.90. The van der Waals surface area contributed by atoms with E-state index in [4.69, 9.17) is 0 Å². The maximum atomic E-state index is 14.1. The van der Waals surface area contributed by atoms with Crippen molar-refractivity contribution in [2.24, 2.45) is 0 Å². The smallest absolute Gasteiger partial charge is 0.273 e. The third kappa shape index (κ3) is 4.80. The van der Waals surface area contributed by atoms with E-state index in [0.29, 0.717) is 25.1 Å². The highest BCUT2D eigenvalue weighted by Crippen LogP contribution is 2.37. The summed E-state index contributed by atoms with van der Waals surface area (Å²) in [5.74, 6) is -0.349. The summed E-state index contributed by atoms with van der Waals surface area (Å²) in [6.45, 7) is 0.344. The van der Waals surface area contributed by atoms with Gasteiger partial charge in [-0.15, -0.1) is 0 Å². The topological polar surface area (TPSA) is 62.3 Å². The Kier molecular flexibility index (Phi) is 6.57. The minimum absolute atomic E-state index is 0.131. The fourth-order valence-corrected chi connectivity index (χ4v) is 5.03. The fourth-order valence-electron chi connectivity index (χ4n) is 5.03. The van der Waals surface area contributed by atoms with Crippen molar-refractivity contribution < 1.29 is 9.59 Å². The number of hydrogen-bond acceptors (Lipinski definition) is 3. The van der Waals surface area contributed by atoms with Gasteiger partial charge in [-0.05, 0) is 42.7 Å². The second-order valence-corrected chi connectivity index (χ2v) is 9.18. The van der Waals surface area contributed by atoms with Gasteiger partial charge in [-0.25, -0.2) is 4.98 Å². The van der Waals surface area contributed by atoms with Crippen molar-refractivity contribution in [3.05, 3.63) is 108 Å². The molecule has 0 radical (unpaired) electrons. The maximum absolute atomic E-state index is 14.1. The third-order valence-corrected chi connectivity index (χ3v) is 6.90. The van der Waals surface area contributed by atoms with E-state index in [1.54, 1.807) is 11.0 Å². The predicted molar refractivity (Wildman–Crippen MR) is 139 cm³/mol. The van der Waals surface area contributed by atoms with Crippen LogP contribution >= 0.6 is 0 Å². The number of hydrogen-bond donors (Lipinski definition) is 1. The quantitative estimate of drug-likeness (QED) is 0.369. The number of rotatable bonds is 6. The molecule has 3 aromatic carbocycles. The van der Waals surface area contributed by atoms with Gasteiger partial charge in [0.1, 0.15) is 11.2 Å². The van der Waals surface area contributed by atoms with Gasteiger partial charge >= 0.3 is 0 Å². The molecule has 1 heterocycles. The first-order valence-corrected chi connectivity index (χ1v) is 12.2.